The summed E-state index contributed by atoms with van der Waals surface area (Å²) in [6.07, 6.45) is 9.47. The highest BCUT2D eigenvalue weighted by Crippen LogP contribution is 2.26. The second kappa shape index (κ2) is 9.23. The van der Waals surface area contributed by atoms with Crippen LogP contribution in [-0.2, 0) is 14.8 Å². The molecule has 1 amide bonds. The van der Waals surface area contributed by atoms with E-state index in [1.54, 1.807) is 6.07 Å². The van der Waals surface area contributed by atoms with Crippen LogP contribution >= 0.6 is 0 Å². The molecular formula is C22H32N2O3S. The van der Waals surface area contributed by atoms with Gasteiger partial charge in [-0.2, -0.15) is 4.31 Å². The number of piperidine rings is 1. The van der Waals surface area contributed by atoms with Crippen LogP contribution in [0.3, 0.4) is 0 Å². The lowest BCUT2D eigenvalue weighted by Gasteiger charge is -2.31. The number of benzene rings is 1. The van der Waals surface area contributed by atoms with E-state index >= 15 is 0 Å². The topological polar surface area (TPSA) is 66.5 Å². The lowest BCUT2D eigenvalue weighted by molar-refractivity contribution is -0.126. The Hall–Kier alpha value is -1.66. The van der Waals surface area contributed by atoms with E-state index in [0.29, 0.717) is 24.4 Å². The van der Waals surface area contributed by atoms with E-state index < -0.39 is 10.0 Å². The number of nitrogens with zero attached hydrogens (tertiary/aromatic N) is 1. The van der Waals surface area contributed by atoms with Crippen molar-refractivity contribution in [2.45, 2.75) is 63.7 Å². The number of carbonyl (C=O) groups excluding carboxylic acids is 1. The largest absolute Gasteiger partial charge is 0.356 e. The minimum Gasteiger partial charge on any atom is -0.356 e. The quantitative estimate of drug-likeness (QED) is 0.735. The number of carbonyl (C=O) groups is 1. The van der Waals surface area contributed by atoms with Gasteiger partial charge in [0.1, 0.15) is 0 Å². The van der Waals surface area contributed by atoms with Gasteiger partial charge >= 0.3 is 0 Å². The minimum atomic E-state index is -3.58. The van der Waals surface area contributed by atoms with Gasteiger partial charge in [-0.25, -0.2) is 8.42 Å². The number of sulfonamides is 1. The maximum atomic E-state index is 13.1. The van der Waals surface area contributed by atoms with Crippen molar-refractivity contribution >= 4 is 15.9 Å². The summed E-state index contributed by atoms with van der Waals surface area (Å²) in [5.41, 5.74) is 3.11. The lowest BCUT2D eigenvalue weighted by Crippen LogP contribution is -2.45. The number of hydrogen-bond donors (Lipinski definition) is 1. The average molecular weight is 405 g/mol. The number of rotatable bonds is 6. The van der Waals surface area contributed by atoms with Crippen LogP contribution in [-0.4, -0.2) is 38.3 Å². The molecule has 1 aromatic rings. The molecule has 0 bridgehead atoms. The van der Waals surface area contributed by atoms with Crippen molar-refractivity contribution in [2.24, 2.45) is 5.92 Å². The van der Waals surface area contributed by atoms with Crippen molar-refractivity contribution < 1.29 is 13.2 Å². The summed E-state index contributed by atoms with van der Waals surface area (Å²) in [7, 11) is -3.58. The molecule has 0 spiro atoms. The second-order valence-electron chi connectivity index (χ2n) is 8.12. The summed E-state index contributed by atoms with van der Waals surface area (Å²) in [4.78, 5) is 13.0. The van der Waals surface area contributed by atoms with E-state index in [1.807, 2.05) is 26.0 Å². The second-order valence-corrected chi connectivity index (χ2v) is 10.0. The number of hydrogen-bond acceptors (Lipinski definition) is 3. The number of amides is 1. The average Bonchev–Trinajstić information content (AvgIpc) is 2.70. The van der Waals surface area contributed by atoms with E-state index in [9.17, 15) is 13.2 Å². The van der Waals surface area contributed by atoms with Gasteiger partial charge in [-0.15, -0.1) is 0 Å². The highest BCUT2D eigenvalue weighted by Gasteiger charge is 2.33. The van der Waals surface area contributed by atoms with E-state index in [0.717, 1.165) is 36.8 Å². The molecule has 0 unspecified atom stereocenters. The van der Waals surface area contributed by atoms with Crippen LogP contribution in [0.2, 0.25) is 0 Å². The molecule has 0 saturated carbocycles. The van der Waals surface area contributed by atoms with Crippen LogP contribution in [0.15, 0.2) is 34.7 Å². The van der Waals surface area contributed by atoms with Crippen LogP contribution < -0.4 is 5.32 Å². The normalized spacial score (nSPS) is 21.2. The highest BCUT2D eigenvalue weighted by molar-refractivity contribution is 7.89. The van der Waals surface area contributed by atoms with Crippen LogP contribution in [0, 0.1) is 19.8 Å². The minimum absolute atomic E-state index is 0.0164. The molecule has 2 aliphatic rings. The zero-order valence-corrected chi connectivity index (χ0v) is 17.9. The van der Waals surface area contributed by atoms with Crippen molar-refractivity contribution in [2.75, 3.05) is 19.6 Å². The van der Waals surface area contributed by atoms with E-state index in [4.69, 9.17) is 0 Å². The van der Waals surface area contributed by atoms with E-state index in [1.165, 1.54) is 22.7 Å². The molecular weight excluding hydrogens is 372 g/mol. The Bertz CT molecular complexity index is 845. The maximum Gasteiger partial charge on any atom is 0.243 e. The molecule has 154 valence electrons. The molecule has 1 aliphatic heterocycles. The Morgan fingerprint density at radius 3 is 2.79 bits per heavy atom. The van der Waals surface area contributed by atoms with Crippen molar-refractivity contribution in [3.8, 4) is 0 Å². The third-order valence-corrected chi connectivity index (χ3v) is 7.85. The van der Waals surface area contributed by atoms with Gasteiger partial charge in [-0.3, -0.25) is 4.79 Å². The van der Waals surface area contributed by atoms with Gasteiger partial charge in [0.15, 0.2) is 0 Å². The van der Waals surface area contributed by atoms with Gasteiger partial charge in [0.25, 0.3) is 0 Å². The Labute approximate surface area is 169 Å². The summed E-state index contributed by atoms with van der Waals surface area (Å²) in [6, 6.07) is 5.49. The van der Waals surface area contributed by atoms with Gasteiger partial charge in [0.05, 0.1) is 10.8 Å². The first-order valence-electron chi connectivity index (χ1n) is 10.4. The Balaban J connectivity index is 1.60. The van der Waals surface area contributed by atoms with Crippen molar-refractivity contribution in [3.63, 3.8) is 0 Å². The Morgan fingerprint density at radius 2 is 2.04 bits per heavy atom. The van der Waals surface area contributed by atoms with Crippen LogP contribution in [0.5, 0.6) is 0 Å². The third kappa shape index (κ3) is 5.03. The van der Waals surface area contributed by atoms with Gasteiger partial charge in [0, 0.05) is 19.6 Å². The van der Waals surface area contributed by atoms with E-state index in [2.05, 4.69) is 11.4 Å². The maximum absolute atomic E-state index is 13.1. The molecule has 0 radical (unpaired) electrons. The number of allylic oxidation sites excluding steroid dienone is 1. The van der Waals surface area contributed by atoms with Gasteiger partial charge in [0.2, 0.25) is 15.9 Å². The fraction of sp³-hybridized carbons (Fsp3) is 0.591. The van der Waals surface area contributed by atoms with Crippen molar-refractivity contribution in [3.05, 3.63) is 41.0 Å². The molecule has 3 rings (SSSR count). The SMILES string of the molecule is Cc1ccc(C)c(S(=O)(=O)N2CCC[C@H](C(=O)NCCC3=CCCCC3)C2)c1. The first-order valence-corrected chi connectivity index (χ1v) is 11.8. The Kier molecular flexibility index (Phi) is 6.94. The molecule has 1 atom stereocenters. The summed E-state index contributed by atoms with van der Waals surface area (Å²) < 4.78 is 27.8. The van der Waals surface area contributed by atoms with Crippen LogP contribution in [0.25, 0.3) is 0 Å². The molecule has 1 heterocycles. The van der Waals surface area contributed by atoms with Gasteiger partial charge in [-0.1, -0.05) is 23.8 Å². The summed E-state index contributed by atoms with van der Waals surface area (Å²) >= 11 is 0. The molecule has 6 heteroatoms. The zero-order valence-electron chi connectivity index (χ0n) is 17.0. The van der Waals surface area contributed by atoms with Crippen molar-refractivity contribution in [1.29, 1.82) is 0 Å². The molecule has 1 saturated heterocycles. The third-order valence-electron chi connectivity index (χ3n) is 5.85. The predicted octanol–water partition coefficient (Wildman–Crippen LogP) is 3.71. The molecule has 1 fully saturated rings. The molecule has 5 nitrogen and oxygen atoms in total. The fourth-order valence-electron chi connectivity index (χ4n) is 4.12. The molecule has 0 aromatic heterocycles. The predicted molar refractivity (Wildman–Crippen MR) is 112 cm³/mol. The molecule has 1 N–H and O–H groups in total. The molecule has 28 heavy (non-hydrogen) atoms. The first kappa shape index (κ1) is 21.1. The van der Waals surface area contributed by atoms with Crippen LogP contribution in [0.1, 0.15) is 56.1 Å². The molecule has 1 aromatic carbocycles. The van der Waals surface area contributed by atoms with Gasteiger partial charge in [-0.05, 0) is 76.0 Å². The first-order chi connectivity index (χ1) is 13.4. The lowest BCUT2D eigenvalue weighted by atomic mass is 9.96. The number of nitrogens with one attached hydrogen (secondary N) is 1. The number of aryl methyl sites for hydroxylation is 2. The Morgan fingerprint density at radius 1 is 1.21 bits per heavy atom. The molecule has 1 aliphatic carbocycles. The summed E-state index contributed by atoms with van der Waals surface area (Å²) in [6.45, 7) is 5.11. The summed E-state index contributed by atoms with van der Waals surface area (Å²) in [5.74, 6) is -0.286. The summed E-state index contributed by atoms with van der Waals surface area (Å²) in [5, 5.41) is 3.03. The van der Waals surface area contributed by atoms with Crippen molar-refractivity contribution in [1.82, 2.24) is 9.62 Å². The van der Waals surface area contributed by atoms with Crippen LogP contribution in [0.4, 0.5) is 0 Å². The highest BCUT2D eigenvalue weighted by atomic mass is 32.2. The zero-order chi connectivity index (χ0) is 20.1. The standard InChI is InChI=1S/C22H32N2O3S/c1-17-10-11-18(2)21(15-17)28(26,27)24-14-6-9-20(16-24)22(25)23-13-12-19-7-4-3-5-8-19/h7,10-11,15,20H,3-6,8-9,12-14,16H2,1-2H3,(H,23,25)/t20-/m0/s1. The monoisotopic (exact) mass is 404 g/mol. The van der Waals surface area contributed by atoms with E-state index in [-0.39, 0.29) is 18.4 Å². The van der Waals surface area contributed by atoms with Gasteiger partial charge < -0.3 is 5.32 Å². The fourth-order valence-corrected chi connectivity index (χ4v) is 5.95. The smallest absolute Gasteiger partial charge is 0.243 e.